The van der Waals surface area contributed by atoms with Crippen molar-refractivity contribution < 1.29 is 39.9 Å². The van der Waals surface area contributed by atoms with Gasteiger partial charge in [-0.05, 0) is 18.4 Å². The molecule has 3 atom stereocenters. The number of Topliss-reactive ketones (excluding diaryl/α,β-unsaturated/α-hetero) is 1. The van der Waals surface area contributed by atoms with Crippen LogP contribution in [0.1, 0.15) is 74.9 Å². The fraction of sp³-hybridized carbons (Fsp3) is 0.545. The smallest absolute Gasteiger partial charge is 0.302 e. The summed E-state index contributed by atoms with van der Waals surface area (Å²) < 4.78 is 5.43. The average molecular weight is 420 g/mol. The molecule has 2 aliphatic rings. The summed E-state index contributed by atoms with van der Waals surface area (Å²) >= 11 is 0. The van der Waals surface area contributed by atoms with Crippen molar-refractivity contribution in [1.82, 2.24) is 0 Å². The molecule has 8 heteroatoms. The van der Waals surface area contributed by atoms with E-state index in [0.717, 1.165) is 0 Å². The maximum atomic E-state index is 13.1. The summed E-state index contributed by atoms with van der Waals surface area (Å²) in [6.07, 6.45) is 0.0612. The van der Waals surface area contributed by atoms with Crippen LogP contribution in [0.3, 0.4) is 0 Å². The molecule has 1 aromatic carbocycles. The minimum Gasteiger partial charge on any atom is -0.507 e. The van der Waals surface area contributed by atoms with Crippen LogP contribution in [0.25, 0.3) is 0 Å². The van der Waals surface area contributed by atoms with Crippen molar-refractivity contribution in [3.63, 3.8) is 0 Å². The molecule has 0 aliphatic heterocycles. The molecule has 30 heavy (non-hydrogen) atoms. The summed E-state index contributed by atoms with van der Waals surface area (Å²) in [7, 11) is 0. The molecule has 0 saturated heterocycles. The number of hydrogen-bond donors (Lipinski definition) is 5. The maximum absolute atomic E-state index is 13.1. The molecule has 0 aromatic heterocycles. The van der Waals surface area contributed by atoms with Crippen LogP contribution in [-0.2, 0) is 14.9 Å². The van der Waals surface area contributed by atoms with Crippen LogP contribution in [-0.4, -0.2) is 50.0 Å². The maximum Gasteiger partial charge on any atom is 0.302 e. The van der Waals surface area contributed by atoms with Gasteiger partial charge in [0.2, 0.25) is 5.78 Å². The number of ketones is 1. The molecular weight excluding hydrogens is 392 g/mol. The zero-order valence-corrected chi connectivity index (χ0v) is 17.7. The minimum atomic E-state index is -1.10. The van der Waals surface area contributed by atoms with Gasteiger partial charge < -0.3 is 30.3 Å². The molecular formula is C22H28O8. The Bertz CT molecular complexity index is 974. The molecule has 164 valence electrons. The number of aliphatic hydroxyl groups excluding tert-OH is 2. The van der Waals surface area contributed by atoms with E-state index in [1.165, 1.54) is 13.8 Å². The van der Waals surface area contributed by atoms with Gasteiger partial charge in [0.15, 0.2) is 17.3 Å². The first-order valence-electron chi connectivity index (χ1n) is 9.88. The van der Waals surface area contributed by atoms with Crippen molar-refractivity contribution in [2.24, 2.45) is 5.41 Å². The van der Waals surface area contributed by atoms with Gasteiger partial charge in [-0.1, -0.05) is 27.7 Å². The molecule has 1 aromatic rings. The highest BCUT2D eigenvalue weighted by Crippen LogP contribution is 2.61. The number of benzene rings is 1. The van der Waals surface area contributed by atoms with E-state index in [-0.39, 0.29) is 28.7 Å². The lowest BCUT2D eigenvalue weighted by Gasteiger charge is -2.52. The summed E-state index contributed by atoms with van der Waals surface area (Å²) in [5.74, 6) is -4.46. The van der Waals surface area contributed by atoms with Crippen molar-refractivity contribution in [2.45, 2.75) is 64.9 Å². The third-order valence-electron chi connectivity index (χ3n) is 6.67. The number of ether oxygens (including phenoxy) is 1. The zero-order chi connectivity index (χ0) is 22.8. The Kier molecular flexibility index (Phi) is 5.05. The summed E-state index contributed by atoms with van der Waals surface area (Å²) in [6.45, 7) is 7.55. The van der Waals surface area contributed by atoms with E-state index in [1.54, 1.807) is 20.8 Å². The minimum absolute atomic E-state index is 0.0264. The average Bonchev–Trinajstić information content (AvgIpc) is 2.64. The van der Waals surface area contributed by atoms with E-state index in [0.29, 0.717) is 6.42 Å². The van der Waals surface area contributed by atoms with Crippen molar-refractivity contribution in [2.75, 3.05) is 6.61 Å². The van der Waals surface area contributed by atoms with E-state index >= 15 is 0 Å². The Morgan fingerprint density at radius 3 is 2.27 bits per heavy atom. The number of aromatic hydroxyl groups is 3. The Labute approximate surface area is 174 Å². The molecule has 0 amide bonds. The SMILES string of the molecule is CC(=O)O[C@H]1CC[C@@]2(C)C(=C(O)C(=O)c3c(O)c([C@@H](C)CO)c(O)c(O)c32)C1(C)C. The van der Waals surface area contributed by atoms with E-state index < -0.39 is 64.2 Å². The Morgan fingerprint density at radius 2 is 1.73 bits per heavy atom. The number of fused-ring (bicyclic) bond motifs is 3. The molecule has 0 unspecified atom stereocenters. The number of carbonyl (C=O) groups excluding carboxylic acids is 2. The van der Waals surface area contributed by atoms with Gasteiger partial charge in [0, 0.05) is 41.4 Å². The number of carbonyl (C=O) groups is 2. The first kappa shape index (κ1) is 22.0. The molecule has 2 aliphatic carbocycles. The molecule has 8 nitrogen and oxygen atoms in total. The van der Waals surface area contributed by atoms with Crippen molar-refractivity contribution in [3.05, 3.63) is 28.0 Å². The lowest BCUT2D eigenvalue weighted by Crippen LogP contribution is -2.50. The van der Waals surface area contributed by atoms with Crippen molar-refractivity contribution in [1.29, 1.82) is 0 Å². The van der Waals surface area contributed by atoms with Gasteiger partial charge in [0.25, 0.3) is 0 Å². The molecule has 1 saturated carbocycles. The molecule has 0 radical (unpaired) electrons. The molecule has 0 heterocycles. The van der Waals surface area contributed by atoms with Gasteiger partial charge in [-0.15, -0.1) is 0 Å². The zero-order valence-electron chi connectivity index (χ0n) is 17.7. The van der Waals surface area contributed by atoms with E-state index in [1.807, 2.05) is 0 Å². The Hall–Kier alpha value is -2.74. The van der Waals surface area contributed by atoms with E-state index in [9.17, 15) is 35.1 Å². The second-order valence-corrected chi connectivity index (χ2v) is 9.04. The van der Waals surface area contributed by atoms with Crippen molar-refractivity contribution >= 4 is 11.8 Å². The highest BCUT2D eigenvalue weighted by Gasteiger charge is 2.57. The quantitative estimate of drug-likeness (QED) is 0.285. The topological polar surface area (TPSA) is 145 Å². The van der Waals surface area contributed by atoms with Crippen LogP contribution >= 0.6 is 0 Å². The molecule has 1 fully saturated rings. The fourth-order valence-corrected chi connectivity index (χ4v) is 5.28. The number of aliphatic hydroxyl groups is 2. The summed E-state index contributed by atoms with van der Waals surface area (Å²) in [5, 5.41) is 52.7. The predicted molar refractivity (Wildman–Crippen MR) is 107 cm³/mol. The number of allylic oxidation sites excluding steroid dienone is 1. The molecule has 3 rings (SSSR count). The number of hydrogen-bond acceptors (Lipinski definition) is 8. The lowest BCUT2D eigenvalue weighted by atomic mass is 9.53. The van der Waals surface area contributed by atoms with Gasteiger partial charge in [-0.25, -0.2) is 0 Å². The summed E-state index contributed by atoms with van der Waals surface area (Å²) in [4.78, 5) is 24.7. The predicted octanol–water partition coefficient (Wildman–Crippen LogP) is 2.92. The molecule has 5 N–H and O–H groups in total. The second-order valence-electron chi connectivity index (χ2n) is 9.04. The number of rotatable bonds is 3. The Balaban J connectivity index is 2.34. The normalized spacial score (nSPS) is 26.1. The number of esters is 1. The lowest BCUT2D eigenvalue weighted by molar-refractivity contribution is -0.153. The molecule has 0 spiro atoms. The molecule has 0 bridgehead atoms. The van der Waals surface area contributed by atoms with Crippen LogP contribution in [0, 0.1) is 5.41 Å². The first-order valence-corrected chi connectivity index (χ1v) is 9.88. The third kappa shape index (κ3) is 2.77. The van der Waals surface area contributed by atoms with Gasteiger partial charge in [0.1, 0.15) is 11.9 Å². The summed E-state index contributed by atoms with van der Waals surface area (Å²) in [5.41, 5.74) is -2.19. The number of phenols is 3. The van der Waals surface area contributed by atoms with E-state index in [2.05, 4.69) is 0 Å². The van der Waals surface area contributed by atoms with Gasteiger partial charge in [0.05, 0.1) is 5.56 Å². The third-order valence-corrected chi connectivity index (χ3v) is 6.67. The standard InChI is InChI=1S/C22H28O8/c1-9(8-23)12-15(25)13-14(18(28)16(12)26)22(5)7-6-11(30-10(2)24)21(3,4)20(22)19(29)17(13)27/h9,11,23,25-26,28-29H,6-8H2,1-5H3/t9-,11-,22+/m0/s1. The number of phenolic OH excluding ortho intramolecular Hbond substituents is 3. The van der Waals surface area contributed by atoms with Crippen LogP contribution in [0.15, 0.2) is 11.3 Å². The van der Waals surface area contributed by atoms with Crippen LogP contribution < -0.4 is 0 Å². The fourth-order valence-electron chi connectivity index (χ4n) is 5.28. The van der Waals surface area contributed by atoms with E-state index in [4.69, 9.17) is 4.74 Å². The van der Waals surface area contributed by atoms with Crippen LogP contribution in [0.2, 0.25) is 0 Å². The highest BCUT2D eigenvalue weighted by atomic mass is 16.5. The monoisotopic (exact) mass is 420 g/mol. The first-order chi connectivity index (χ1) is 13.8. The van der Waals surface area contributed by atoms with Gasteiger partial charge >= 0.3 is 5.97 Å². The second kappa shape index (κ2) is 6.91. The van der Waals surface area contributed by atoms with Gasteiger partial charge in [-0.2, -0.15) is 0 Å². The summed E-state index contributed by atoms with van der Waals surface area (Å²) in [6, 6.07) is 0. The van der Waals surface area contributed by atoms with Crippen LogP contribution in [0.4, 0.5) is 0 Å². The van der Waals surface area contributed by atoms with Gasteiger partial charge in [-0.3, -0.25) is 9.59 Å². The largest absolute Gasteiger partial charge is 0.507 e. The van der Waals surface area contributed by atoms with Crippen molar-refractivity contribution in [3.8, 4) is 17.2 Å². The highest BCUT2D eigenvalue weighted by molar-refractivity contribution is 6.13. The Morgan fingerprint density at radius 1 is 1.13 bits per heavy atom. The van der Waals surface area contributed by atoms with Crippen LogP contribution in [0.5, 0.6) is 17.2 Å².